The van der Waals surface area contributed by atoms with Gasteiger partial charge in [0.2, 0.25) is 0 Å². The van der Waals surface area contributed by atoms with Crippen LogP contribution in [0.25, 0.3) is 10.9 Å². The average molecular weight is 534 g/mol. The summed E-state index contributed by atoms with van der Waals surface area (Å²) in [5.74, 6) is 2.46. The average Bonchev–Trinajstić information content (AvgIpc) is 3.01. The van der Waals surface area contributed by atoms with Gasteiger partial charge in [-0.15, -0.1) is 6.58 Å². The van der Waals surface area contributed by atoms with Crippen LogP contribution in [0, 0.1) is 11.8 Å². The lowest BCUT2D eigenvalue weighted by molar-refractivity contribution is -0.986. The molecule has 3 aliphatic rings. The van der Waals surface area contributed by atoms with E-state index in [1.807, 2.05) is 18.3 Å². The number of para-hydroxylation sites is 1. The zero-order chi connectivity index (χ0) is 27.4. The van der Waals surface area contributed by atoms with Gasteiger partial charge in [0.05, 0.1) is 25.2 Å². The molecule has 3 aromatic carbocycles. The monoisotopic (exact) mass is 533 g/mol. The van der Waals surface area contributed by atoms with E-state index in [-0.39, 0.29) is 6.10 Å². The van der Waals surface area contributed by atoms with Crippen LogP contribution in [0.3, 0.4) is 0 Å². The van der Waals surface area contributed by atoms with Gasteiger partial charge in [0.15, 0.2) is 0 Å². The van der Waals surface area contributed by atoms with E-state index >= 15 is 0 Å². The van der Waals surface area contributed by atoms with Gasteiger partial charge < -0.3 is 14.0 Å². The van der Waals surface area contributed by atoms with Crippen molar-refractivity contribution in [1.29, 1.82) is 0 Å². The van der Waals surface area contributed by atoms with Gasteiger partial charge in [0, 0.05) is 35.9 Å². The smallest absolute Gasteiger partial charge is 0.135 e. The SMILES string of the molecule is C=CCO[C@H](c1ccnc2ccccc12)[C@@H]1C[C@@H]2CC[N@@+]1(Cc1ccc(OCc3ccccc3)cc1)C[C@@H]2CC. The minimum absolute atomic E-state index is 0.0000138. The first-order valence-electron chi connectivity index (χ1n) is 14.9. The highest BCUT2D eigenvalue weighted by Crippen LogP contribution is 2.49. The van der Waals surface area contributed by atoms with Gasteiger partial charge in [-0.25, -0.2) is 0 Å². The summed E-state index contributed by atoms with van der Waals surface area (Å²) in [6.45, 7) is 10.9. The van der Waals surface area contributed by atoms with E-state index in [0.29, 0.717) is 19.3 Å². The summed E-state index contributed by atoms with van der Waals surface area (Å²) < 4.78 is 13.9. The second-order valence-corrected chi connectivity index (χ2v) is 11.7. The molecule has 0 unspecified atom stereocenters. The lowest BCUT2D eigenvalue weighted by Gasteiger charge is -2.59. The Morgan fingerprint density at radius 3 is 2.58 bits per heavy atom. The fourth-order valence-electron chi connectivity index (χ4n) is 7.39. The van der Waals surface area contributed by atoms with Crippen molar-refractivity contribution in [2.45, 2.75) is 51.5 Å². The molecule has 4 aromatic rings. The normalized spacial score (nSPS) is 24.6. The molecule has 4 heteroatoms. The molecule has 0 radical (unpaired) electrons. The lowest BCUT2D eigenvalue weighted by atomic mass is 9.70. The summed E-state index contributed by atoms with van der Waals surface area (Å²) in [7, 11) is 0. The van der Waals surface area contributed by atoms with Gasteiger partial charge in [0.1, 0.15) is 31.0 Å². The Balaban J connectivity index is 1.30. The predicted octanol–water partition coefficient (Wildman–Crippen LogP) is 7.89. The summed E-state index contributed by atoms with van der Waals surface area (Å²) in [6, 6.07) is 30.2. The minimum Gasteiger partial charge on any atom is -0.489 e. The van der Waals surface area contributed by atoms with E-state index in [1.165, 1.54) is 54.4 Å². The molecular formula is C36H41N2O2+. The van der Waals surface area contributed by atoms with Gasteiger partial charge in [-0.1, -0.05) is 61.5 Å². The summed E-state index contributed by atoms with van der Waals surface area (Å²) in [5.41, 5.74) is 4.85. The van der Waals surface area contributed by atoms with Crippen LogP contribution in [-0.2, 0) is 17.9 Å². The molecule has 4 nitrogen and oxygen atoms in total. The Morgan fingerprint density at radius 1 is 0.975 bits per heavy atom. The molecule has 2 bridgehead atoms. The van der Waals surface area contributed by atoms with Crippen LogP contribution in [-0.4, -0.2) is 35.2 Å². The maximum absolute atomic E-state index is 6.72. The molecule has 0 aliphatic carbocycles. The molecule has 7 rings (SSSR count). The molecule has 0 amide bonds. The van der Waals surface area contributed by atoms with Crippen LogP contribution in [0.4, 0.5) is 0 Å². The molecular weight excluding hydrogens is 492 g/mol. The number of aromatic nitrogens is 1. The Morgan fingerprint density at radius 2 is 1.77 bits per heavy atom. The van der Waals surface area contributed by atoms with Crippen molar-refractivity contribution in [3.8, 4) is 5.75 Å². The fourth-order valence-corrected chi connectivity index (χ4v) is 7.39. The highest BCUT2D eigenvalue weighted by atomic mass is 16.5. The molecule has 4 heterocycles. The minimum atomic E-state index is -0.0000138. The Hall–Kier alpha value is -3.47. The predicted molar refractivity (Wildman–Crippen MR) is 162 cm³/mol. The number of quaternary nitrogens is 1. The van der Waals surface area contributed by atoms with Gasteiger partial charge in [-0.3, -0.25) is 4.98 Å². The zero-order valence-corrected chi connectivity index (χ0v) is 23.6. The Bertz CT molecular complexity index is 1410. The van der Waals surface area contributed by atoms with E-state index in [2.05, 4.69) is 97.3 Å². The molecule has 0 saturated carbocycles. The second-order valence-electron chi connectivity index (χ2n) is 11.7. The van der Waals surface area contributed by atoms with E-state index in [1.54, 1.807) is 0 Å². The maximum atomic E-state index is 6.72. The molecule has 3 saturated heterocycles. The topological polar surface area (TPSA) is 31.4 Å². The Kier molecular flexibility index (Phi) is 7.99. The Labute approximate surface area is 238 Å². The van der Waals surface area contributed by atoms with Gasteiger partial charge in [-0.2, -0.15) is 0 Å². The number of ether oxygens (including phenoxy) is 2. The molecule has 3 aliphatic heterocycles. The number of fused-ring (bicyclic) bond motifs is 4. The van der Waals surface area contributed by atoms with Crippen LogP contribution in [0.2, 0.25) is 0 Å². The van der Waals surface area contributed by atoms with E-state index < -0.39 is 0 Å². The van der Waals surface area contributed by atoms with Crippen molar-refractivity contribution in [3.05, 3.63) is 120 Å². The van der Waals surface area contributed by atoms with Crippen LogP contribution < -0.4 is 4.74 Å². The van der Waals surface area contributed by atoms with Crippen LogP contribution >= 0.6 is 0 Å². The van der Waals surface area contributed by atoms with Crippen molar-refractivity contribution < 1.29 is 14.0 Å². The number of benzene rings is 3. The summed E-state index contributed by atoms with van der Waals surface area (Å²) in [6.07, 6.45) is 7.60. The number of hydrogen-bond donors (Lipinski definition) is 0. The number of rotatable bonds is 11. The molecule has 5 atom stereocenters. The molecule has 0 spiro atoms. The maximum Gasteiger partial charge on any atom is 0.135 e. The highest BCUT2D eigenvalue weighted by molar-refractivity contribution is 5.82. The first-order valence-corrected chi connectivity index (χ1v) is 14.9. The second kappa shape index (κ2) is 12.0. The number of pyridine rings is 1. The van der Waals surface area contributed by atoms with E-state index in [0.717, 1.165) is 34.1 Å². The summed E-state index contributed by atoms with van der Waals surface area (Å²) in [4.78, 5) is 4.66. The van der Waals surface area contributed by atoms with Crippen molar-refractivity contribution in [3.63, 3.8) is 0 Å². The largest absolute Gasteiger partial charge is 0.489 e. The van der Waals surface area contributed by atoms with Crippen LogP contribution in [0.1, 0.15) is 49.0 Å². The van der Waals surface area contributed by atoms with Gasteiger partial charge >= 0.3 is 0 Å². The number of piperidine rings is 3. The first-order chi connectivity index (χ1) is 19.7. The summed E-state index contributed by atoms with van der Waals surface area (Å²) in [5, 5.41) is 1.20. The van der Waals surface area contributed by atoms with E-state index in [9.17, 15) is 0 Å². The van der Waals surface area contributed by atoms with Crippen LogP contribution in [0.15, 0.2) is 104 Å². The zero-order valence-electron chi connectivity index (χ0n) is 23.6. The summed E-state index contributed by atoms with van der Waals surface area (Å²) >= 11 is 0. The van der Waals surface area contributed by atoms with E-state index in [4.69, 9.17) is 9.47 Å². The van der Waals surface area contributed by atoms with Crippen molar-refractivity contribution >= 4 is 10.9 Å². The third kappa shape index (κ3) is 5.43. The molecule has 1 aromatic heterocycles. The fraction of sp³-hybridized carbons (Fsp3) is 0.361. The van der Waals surface area contributed by atoms with Crippen molar-refractivity contribution in [1.82, 2.24) is 4.98 Å². The standard InChI is InChI=1S/C36H41N2O2/c1-3-22-39-36(33-18-20-37-34-13-9-8-12-32(33)34)35-23-30-19-21-38(35,25-29(30)4-2)24-27-14-16-31(17-15-27)40-26-28-10-6-5-7-11-28/h3,5-18,20,29-30,35-36H,1,4,19,21-26H2,2H3/q+1/t29-,30-,35-,36+,38+/m0/s1. The third-order valence-electron chi connectivity index (χ3n) is 9.38. The molecule has 3 fully saturated rings. The van der Waals surface area contributed by atoms with Crippen LogP contribution in [0.5, 0.6) is 5.75 Å². The molecule has 206 valence electrons. The molecule has 40 heavy (non-hydrogen) atoms. The van der Waals surface area contributed by atoms with Gasteiger partial charge in [-0.05, 0) is 59.9 Å². The number of nitrogens with zero attached hydrogens (tertiary/aromatic N) is 2. The lowest BCUT2D eigenvalue weighted by Crippen LogP contribution is -2.67. The number of hydrogen-bond acceptors (Lipinski definition) is 3. The highest BCUT2D eigenvalue weighted by Gasteiger charge is 2.54. The van der Waals surface area contributed by atoms with Crippen molar-refractivity contribution in [2.24, 2.45) is 11.8 Å². The van der Waals surface area contributed by atoms with Crippen molar-refractivity contribution in [2.75, 3.05) is 19.7 Å². The quantitative estimate of drug-likeness (QED) is 0.145. The van der Waals surface area contributed by atoms with Gasteiger partial charge in [0.25, 0.3) is 0 Å². The molecule has 0 N–H and O–H groups in total. The first kappa shape index (κ1) is 26.7. The third-order valence-corrected chi connectivity index (χ3v) is 9.38.